The van der Waals surface area contributed by atoms with Gasteiger partial charge in [0.05, 0.1) is 0 Å². The Bertz CT molecular complexity index is 412. The molecule has 2 atom stereocenters. The van der Waals surface area contributed by atoms with Crippen molar-refractivity contribution in [3.05, 3.63) is 35.6 Å². The predicted octanol–water partition coefficient (Wildman–Crippen LogP) is 2.45. The molecule has 1 aromatic rings. The van der Waals surface area contributed by atoms with Gasteiger partial charge in [0.2, 0.25) is 0 Å². The summed E-state index contributed by atoms with van der Waals surface area (Å²) in [5.74, 6) is 2.84. The lowest BCUT2D eigenvalue weighted by atomic mass is 9.49. The third-order valence-electron chi connectivity index (χ3n) is 3.78. The van der Waals surface area contributed by atoms with Gasteiger partial charge < -0.3 is 5.73 Å². The summed E-state index contributed by atoms with van der Waals surface area (Å²) >= 11 is 0. The second-order valence-electron chi connectivity index (χ2n) is 4.79. The number of hydrogen-bond donors (Lipinski definition) is 1. The van der Waals surface area contributed by atoms with Crippen molar-refractivity contribution in [2.75, 3.05) is 6.54 Å². The fraction of sp³-hybridized carbons (Fsp3) is 0.462. The van der Waals surface area contributed by atoms with E-state index in [1.807, 2.05) is 12.1 Å². The van der Waals surface area contributed by atoms with Crippen LogP contribution in [-0.2, 0) is 0 Å². The molecule has 0 bridgehead atoms. The molecule has 2 N–H and O–H groups in total. The number of halogens is 1. The van der Waals surface area contributed by atoms with Crippen molar-refractivity contribution in [3.63, 3.8) is 0 Å². The zero-order valence-corrected chi connectivity index (χ0v) is 9.77. The third kappa shape index (κ3) is 2.67. The van der Waals surface area contributed by atoms with Gasteiger partial charge in [-0.3, -0.25) is 0 Å². The molecule has 0 saturated carbocycles. The summed E-state index contributed by atoms with van der Waals surface area (Å²) in [6.07, 6.45) is 2.95. The van der Waals surface area contributed by atoms with E-state index in [0.29, 0.717) is 12.5 Å². The molecule has 2 rings (SSSR count). The van der Waals surface area contributed by atoms with Crippen LogP contribution in [0.5, 0.6) is 0 Å². The first-order valence-corrected chi connectivity index (χ1v) is 6.09. The molecule has 88 valence electrons. The largest absolute Gasteiger partial charge is 0.330 e. The number of hydrogen-bond acceptors (Lipinski definition) is 2. The van der Waals surface area contributed by atoms with E-state index in [9.17, 15) is 4.39 Å². The second-order valence-corrected chi connectivity index (χ2v) is 4.79. The highest BCUT2D eigenvalue weighted by Crippen LogP contribution is 2.37. The lowest BCUT2D eigenvalue weighted by Crippen LogP contribution is -2.20. The maximum atomic E-state index is 12.9. The van der Waals surface area contributed by atoms with Crippen molar-refractivity contribution >= 4 is 6.71 Å². The Labute approximate surface area is 102 Å². The lowest BCUT2D eigenvalue weighted by molar-refractivity contribution is 0.469. The number of nitrogens with zero attached hydrogens (tertiary/aromatic N) is 1. The molecule has 1 heterocycles. The molecule has 1 aliphatic rings. The summed E-state index contributed by atoms with van der Waals surface area (Å²) in [7, 11) is 0. The molecule has 4 heteroatoms. The normalized spacial score (nSPS) is 21.2. The summed E-state index contributed by atoms with van der Waals surface area (Å²) in [6, 6.07) is 6.59. The van der Waals surface area contributed by atoms with Gasteiger partial charge in [-0.05, 0) is 36.1 Å². The Kier molecular flexibility index (Phi) is 3.80. The Morgan fingerprint density at radius 1 is 1.47 bits per heavy atom. The van der Waals surface area contributed by atoms with Crippen LogP contribution in [0.25, 0.3) is 0 Å². The van der Waals surface area contributed by atoms with Crippen LogP contribution in [0, 0.1) is 23.0 Å². The summed E-state index contributed by atoms with van der Waals surface area (Å²) in [5.41, 5.74) is 6.93. The van der Waals surface area contributed by atoms with Crippen molar-refractivity contribution < 1.29 is 4.39 Å². The minimum Gasteiger partial charge on any atom is -0.330 e. The van der Waals surface area contributed by atoms with Crippen molar-refractivity contribution in [2.24, 2.45) is 11.7 Å². The van der Waals surface area contributed by atoms with Crippen LogP contribution in [0.15, 0.2) is 24.3 Å². The zero-order valence-electron chi connectivity index (χ0n) is 9.77. The number of nitrogens with two attached hydrogens (primary N) is 1. The van der Waals surface area contributed by atoms with Crippen LogP contribution in [0.3, 0.4) is 0 Å². The topological polar surface area (TPSA) is 49.8 Å². The lowest BCUT2D eigenvalue weighted by Gasteiger charge is -2.22. The molecule has 17 heavy (non-hydrogen) atoms. The smallest absolute Gasteiger partial charge is 0.268 e. The first-order chi connectivity index (χ1) is 8.24. The Morgan fingerprint density at radius 2 is 2.18 bits per heavy atom. The van der Waals surface area contributed by atoms with E-state index >= 15 is 0 Å². The molecule has 0 radical (unpaired) electrons. The van der Waals surface area contributed by atoms with Crippen molar-refractivity contribution in [1.82, 2.24) is 0 Å². The molecule has 2 nitrogen and oxygen atoms in total. The summed E-state index contributed by atoms with van der Waals surface area (Å²) < 4.78 is 12.9. The van der Waals surface area contributed by atoms with E-state index < -0.39 is 0 Å². The van der Waals surface area contributed by atoms with Crippen LogP contribution in [0.1, 0.15) is 17.9 Å². The fourth-order valence-electron chi connectivity index (χ4n) is 2.81. The first kappa shape index (κ1) is 12.1. The predicted molar refractivity (Wildman–Crippen MR) is 67.3 cm³/mol. The number of nitriles is 1. The van der Waals surface area contributed by atoms with E-state index in [1.165, 1.54) is 12.1 Å². The maximum absolute atomic E-state index is 12.9. The van der Waals surface area contributed by atoms with Gasteiger partial charge >= 0.3 is 0 Å². The van der Waals surface area contributed by atoms with E-state index in [4.69, 9.17) is 11.0 Å². The van der Waals surface area contributed by atoms with Crippen LogP contribution in [-0.4, -0.2) is 13.3 Å². The fourth-order valence-corrected chi connectivity index (χ4v) is 2.81. The van der Waals surface area contributed by atoms with Crippen molar-refractivity contribution in [3.8, 4) is 5.97 Å². The average molecular weight is 230 g/mol. The average Bonchev–Trinajstić information content (AvgIpc) is 2.81. The highest BCUT2D eigenvalue weighted by atomic mass is 19.1. The maximum Gasteiger partial charge on any atom is 0.268 e. The third-order valence-corrected chi connectivity index (χ3v) is 3.78. The quantitative estimate of drug-likeness (QED) is 0.810. The van der Waals surface area contributed by atoms with Crippen LogP contribution in [0.4, 0.5) is 4.39 Å². The molecule has 0 aliphatic carbocycles. The Hall–Kier alpha value is -1.34. The molecule has 1 fully saturated rings. The molecular formula is C13H16BFN2. The highest BCUT2D eigenvalue weighted by Gasteiger charge is 2.33. The van der Waals surface area contributed by atoms with Gasteiger partial charge in [0.25, 0.3) is 6.71 Å². The SMILES string of the molecule is N#CB1CCC(C(CN)c2ccc(F)cc2)C1. The van der Waals surface area contributed by atoms with E-state index in [-0.39, 0.29) is 18.4 Å². The second kappa shape index (κ2) is 5.33. The van der Waals surface area contributed by atoms with E-state index in [2.05, 4.69) is 5.97 Å². The van der Waals surface area contributed by atoms with Gasteiger partial charge in [0.15, 0.2) is 0 Å². The monoisotopic (exact) mass is 230 g/mol. The summed E-state index contributed by atoms with van der Waals surface area (Å²) in [5, 5.41) is 8.91. The van der Waals surface area contributed by atoms with Crippen LogP contribution >= 0.6 is 0 Å². The molecular weight excluding hydrogens is 214 g/mol. The standard InChI is InChI=1S/C13H16BFN2/c15-12-3-1-10(2-4-12)13(8-16)11-5-6-14(7-11)9-17/h1-4,11,13H,5-8,16H2. The molecule has 1 aliphatic heterocycles. The first-order valence-electron chi connectivity index (χ1n) is 6.09. The molecule has 0 aromatic heterocycles. The van der Waals surface area contributed by atoms with Gasteiger partial charge in [0, 0.05) is 5.97 Å². The van der Waals surface area contributed by atoms with Crippen molar-refractivity contribution in [2.45, 2.75) is 25.0 Å². The molecule has 1 saturated heterocycles. The zero-order chi connectivity index (χ0) is 12.3. The Morgan fingerprint density at radius 3 is 2.71 bits per heavy atom. The van der Waals surface area contributed by atoms with Gasteiger partial charge in [-0.15, -0.1) is 0 Å². The number of rotatable bonds is 3. The molecule has 0 amide bonds. The molecule has 0 spiro atoms. The number of benzene rings is 1. The minimum absolute atomic E-state index is 0.175. The van der Waals surface area contributed by atoms with Crippen LogP contribution in [0.2, 0.25) is 12.6 Å². The molecule has 1 aromatic carbocycles. The van der Waals surface area contributed by atoms with E-state index in [0.717, 1.165) is 24.6 Å². The van der Waals surface area contributed by atoms with Gasteiger partial charge in [-0.2, -0.15) is 0 Å². The highest BCUT2D eigenvalue weighted by molar-refractivity contribution is 6.67. The van der Waals surface area contributed by atoms with Gasteiger partial charge in [-0.25, -0.2) is 9.65 Å². The van der Waals surface area contributed by atoms with Crippen LogP contribution < -0.4 is 5.73 Å². The van der Waals surface area contributed by atoms with E-state index in [1.54, 1.807) is 0 Å². The minimum atomic E-state index is -0.217. The molecule has 2 unspecified atom stereocenters. The Balaban J connectivity index is 2.12. The summed E-state index contributed by atoms with van der Waals surface area (Å²) in [6.45, 7) is 0.739. The summed E-state index contributed by atoms with van der Waals surface area (Å²) in [4.78, 5) is 0. The van der Waals surface area contributed by atoms with Gasteiger partial charge in [-0.1, -0.05) is 31.2 Å². The van der Waals surface area contributed by atoms with Gasteiger partial charge in [0.1, 0.15) is 5.82 Å². The van der Waals surface area contributed by atoms with Crippen molar-refractivity contribution in [1.29, 1.82) is 5.26 Å².